The van der Waals surface area contributed by atoms with Crippen molar-refractivity contribution in [3.63, 3.8) is 0 Å². The second-order valence-electron chi connectivity index (χ2n) is 8.95. The van der Waals surface area contributed by atoms with E-state index in [0.29, 0.717) is 24.8 Å². The highest BCUT2D eigenvalue weighted by atomic mass is 16.2. The maximum Gasteiger partial charge on any atom is 0.273 e. The van der Waals surface area contributed by atoms with Gasteiger partial charge < -0.3 is 4.90 Å². The van der Waals surface area contributed by atoms with Crippen molar-refractivity contribution >= 4 is 16.7 Å². The molecule has 8 heteroatoms. The van der Waals surface area contributed by atoms with E-state index in [1.165, 1.54) is 12.8 Å². The molecule has 1 atom stereocenters. The van der Waals surface area contributed by atoms with Gasteiger partial charge in [-0.1, -0.05) is 51.0 Å². The summed E-state index contributed by atoms with van der Waals surface area (Å²) >= 11 is 0. The first-order valence-electron chi connectivity index (χ1n) is 11.8. The predicted octanol–water partition coefficient (Wildman–Crippen LogP) is 3.42. The first kappa shape index (κ1) is 21.0. The summed E-state index contributed by atoms with van der Waals surface area (Å²) in [6, 6.07) is 10.3. The first-order valence-corrected chi connectivity index (χ1v) is 11.8. The standard InChI is InChI=1S/C24H31N7O/c1-3-30(4-2)24(23-26-27-28-31(23)19-10-6-7-11-19)14-16-29(17-24)22(32)21-20-12-8-5-9-18(20)13-15-25-21/h5,8-9,12-13,15,19H,3-4,6-7,10-11,14,16-17H2,1-2H3. The largest absolute Gasteiger partial charge is 0.335 e. The van der Waals surface area contributed by atoms with E-state index in [1.807, 2.05) is 35.2 Å². The summed E-state index contributed by atoms with van der Waals surface area (Å²) in [6.07, 6.45) is 7.23. The fourth-order valence-electron chi connectivity index (χ4n) is 5.71. The SMILES string of the molecule is CCN(CC)C1(c2nnnn2C2CCCC2)CCN(C(=O)c2nccc3ccccc23)C1. The number of carbonyl (C=O) groups is 1. The molecule has 2 aliphatic rings. The minimum absolute atomic E-state index is 0.0179. The molecule has 8 nitrogen and oxygen atoms in total. The van der Waals surface area contributed by atoms with E-state index >= 15 is 0 Å². The second-order valence-corrected chi connectivity index (χ2v) is 8.95. The molecule has 5 rings (SSSR count). The number of benzene rings is 1. The number of aromatic nitrogens is 5. The molecule has 32 heavy (non-hydrogen) atoms. The number of carbonyl (C=O) groups excluding carboxylic acids is 1. The monoisotopic (exact) mass is 433 g/mol. The van der Waals surface area contributed by atoms with Crippen molar-refractivity contribution in [2.75, 3.05) is 26.2 Å². The average molecular weight is 434 g/mol. The molecule has 1 amide bonds. The van der Waals surface area contributed by atoms with E-state index in [1.54, 1.807) is 6.20 Å². The third kappa shape index (κ3) is 3.37. The van der Waals surface area contributed by atoms with Gasteiger partial charge in [0.05, 0.1) is 6.04 Å². The molecule has 168 valence electrons. The molecular weight excluding hydrogens is 402 g/mol. The number of tetrazole rings is 1. The van der Waals surface area contributed by atoms with E-state index in [0.717, 1.165) is 48.9 Å². The number of likely N-dealkylation sites (N-methyl/N-ethyl adjacent to an activating group) is 1. The van der Waals surface area contributed by atoms with Crippen LogP contribution in [0.3, 0.4) is 0 Å². The topological polar surface area (TPSA) is 80.0 Å². The highest BCUT2D eigenvalue weighted by Crippen LogP contribution is 2.40. The molecule has 3 aromatic rings. The molecule has 1 aromatic carbocycles. The fourth-order valence-corrected chi connectivity index (χ4v) is 5.71. The lowest BCUT2D eigenvalue weighted by Gasteiger charge is -2.39. The number of rotatable bonds is 6. The third-order valence-corrected chi connectivity index (χ3v) is 7.36. The lowest BCUT2D eigenvalue weighted by Crippen LogP contribution is -2.50. The lowest BCUT2D eigenvalue weighted by molar-refractivity contribution is 0.0658. The molecule has 0 spiro atoms. The van der Waals surface area contributed by atoms with Crippen molar-refractivity contribution in [1.29, 1.82) is 0 Å². The Morgan fingerprint density at radius 2 is 1.94 bits per heavy atom. The maximum atomic E-state index is 13.6. The number of hydrogen-bond acceptors (Lipinski definition) is 6. The van der Waals surface area contributed by atoms with Crippen LogP contribution in [0.1, 0.15) is 68.3 Å². The van der Waals surface area contributed by atoms with Crippen LogP contribution in [0.25, 0.3) is 10.8 Å². The molecule has 2 fully saturated rings. The molecular formula is C24H31N7O. The Morgan fingerprint density at radius 3 is 2.72 bits per heavy atom. The van der Waals surface area contributed by atoms with E-state index in [9.17, 15) is 4.79 Å². The summed E-state index contributed by atoms with van der Waals surface area (Å²) in [7, 11) is 0. The number of nitrogens with zero attached hydrogens (tertiary/aromatic N) is 7. The van der Waals surface area contributed by atoms with Crippen LogP contribution >= 0.6 is 0 Å². The van der Waals surface area contributed by atoms with Crippen LogP contribution in [0.4, 0.5) is 0 Å². The summed E-state index contributed by atoms with van der Waals surface area (Å²) in [5.74, 6) is 0.894. The van der Waals surface area contributed by atoms with Crippen LogP contribution in [-0.2, 0) is 5.54 Å². The number of fused-ring (bicyclic) bond motifs is 1. The van der Waals surface area contributed by atoms with Gasteiger partial charge in [-0.05, 0) is 54.2 Å². The Bertz CT molecular complexity index is 1100. The van der Waals surface area contributed by atoms with Crippen LogP contribution in [0.5, 0.6) is 0 Å². The van der Waals surface area contributed by atoms with Gasteiger partial charge in [-0.3, -0.25) is 14.7 Å². The quantitative estimate of drug-likeness (QED) is 0.593. The smallest absolute Gasteiger partial charge is 0.273 e. The summed E-state index contributed by atoms with van der Waals surface area (Å²) < 4.78 is 2.06. The maximum absolute atomic E-state index is 13.6. The van der Waals surface area contributed by atoms with Gasteiger partial charge in [0.15, 0.2) is 5.82 Å². The van der Waals surface area contributed by atoms with Crippen molar-refractivity contribution in [3.05, 3.63) is 48.0 Å². The lowest BCUT2D eigenvalue weighted by atomic mass is 9.94. The van der Waals surface area contributed by atoms with E-state index in [-0.39, 0.29) is 11.4 Å². The number of amides is 1. The molecule has 1 saturated heterocycles. The second kappa shape index (κ2) is 8.58. The van der Waals surface area contributed by atoms with E-state index in [2.05, 4.69) is 43.9 Å². The molecule has 1 aliphatic heterocycles. The van der Waals surface area contributed by atoms with Gasteiger partial charge >= 0.3 is 0 Å². The number of pyridine rings is 1. The van der Waals surface area contributed by atoms with E-state index < -0.39 is 0 Å². The molecule has 1 aliphatic carbocycles. The summed E-state index contributed by atoms with van der Waals surface area (Å²) in [6.45, 7) is 7.34. The van der Waals surface area contributed by atoms with Crippen LogP contribution in [0.15, 0.2) is 36.5 Å². The normalized spacial score (nSPS) is 21.8. The van der Waals surface area contributed by atoms with Crippen molar-refractivity contribution in [2.24, 2.45) is 0 Å². The third-order valence-electron chi connectivity index (χ3n) is 7.36. The fraction of sp³-hybridized carbons (Fsp3) is 0.542. The Kier molecular flexibility index (Phi) is 5.63. The molecule has 1 saturated carbocycles. The number of likely N-dealkylation sites (tertiary alicyclic amines) is 1. The molecule has 3 heterocycles. The summed E-state index contributed by atoms with van der Waals surface area (Å²) in [4.78, 5) is 22.5. The zero-order chi connectivity index (χ0) is 22.1. The van der Waals surface area contributed by atoms with Crippen molar-refractivity contribution in [2.45, 2.75) is 57.5 Å². The van der Waals surface area contributed by atoms with Crippen LogP contribution in [-0.4, -0.2) is 67.1 Å². The Morgan fingerprint density at radius 1 is 1.16 bits per heavy atom. The predicted molar refractivity (Wildman–Crippen MR) is 122 cm³/mol. The molecule has 0 radical (unpaired) electrons. The summed E-state index contributed by atoms with van der Waals surface area (Å²) in [5, 5.41) is 15.0. The molecule has 1 unspecified atom stereocenters. The van der Waals surface area contributed by atoms with Crippen molar-refractivity contribution in [3.8, 4) is 0 Å². The minimum Gasteiger partial charge on any atom is -0.335 e. The minimum atomic E-state index is -0.379. The van der Waals surface area contributed by atoms with E-state index in [4.69, 9.17) is 0 Å². The summed E-state index contributed by atoms with van der Waals surface area (Å²) in [5.41, 5.74) is 0.143. The number of hydrogen-bond donors (Lipinski definition) is 0. The highest BCUT2D eigenvalue weighted by molar-refractivity contribution is 6.05. The van der Waals surface area contributed by atoms with Gasteiger partial charge in [0, 0.05) is 24.7 Å². The van der Waals surface area contributed by atoms with Gasteiger partial charge in [0.2, 0.25) is 0 Å². The Hall–Kier alpha value is -2.87. The molecule has 0 N–H and O–H groups in total. The van der Waals surface area contributed by atoms with Gasteiger partial charge in [0.1, 0.15) is 11.2 Å². The van der Waals surface area contributed by atoms with Gasteiger partial charge in [0.25, 0.3) is 5.91 Å². The van der Waals surface area contributed by atoms with Crippen LogP contribution in [0, 0.1) is 0 Å². The van der Waals surface area contributed by atoms with Gasteiger partial charge in [-0.25, -0.2) is 4.68 Å². The van der Waals surface area contributed by atoms with Crippen LogP contribution < -0.4 is 0 Å². The zero-order valence-electron chi connectivity index (χ0n) is 18.9. The van der Waals surface area contributed by atoms with Crippen LogP contribution in [0.2, 0.25) is 0 Å². The molecule has 2 aromatic heterocycles. The molecule has 0 bridgehead atoms. The first-order chi connectivity index (χ1) is 15.7. The Balaban J connectivity index is 1.51. The Labute approximate surface area is 188 Å². The van der Waals surface area contributed by atoms with Gasteiger partial charge in [-0.2, -0.15) is 0 Å². The average Bonchev–Trinajstić information content (AvgIpc) is 3.59. The van der Waals surface area contributed by atoms with Crippen molar-refractivity contribution in [1.82, 2.24) is 35.0 Å². The highest BCUT2D eigenvalue weighted by Gasteiger charge is 2.49. The zero-order valence-corrected chi connectivity index (χ0v) is 18.9. The van der Waals surface area contributed by atoms with Crippen molar-refractivity contribution < 1.29 is 4.79 Å². The van der Waals surface area contributed by atoms with Gasteiger partial charge in [-0.15, -0.1) is 5.10 Å².